The summed E-state index contributed by atoms with van der Waals surface area (Å²) in [7, 11) is 0. The lowest BCUT2D eigenvalue weighted by Crippen LogP contribution is -2.54. The Morgan fingerprint density at radius 3 is 2.17 bits per heavy atom. The quantitative estimate of drug-likeness (QED) is 0.117. The lowest BCUT2D eigenvalue weighted by Gasteiger charge is -2.27. The second-order valence-electron chi connectivity index (χ2n) is 9.30. The van der Waals surface area contributed by atoms with Gasteiger partial charge in [-0.2, -0.15) is 0 Å². The van der Waals surface area contributed by atoms with Gasteiger partial charge in [-0.25, -0.2) is 9.69 Å². The Bertz CT molecular complexity index is 1220. The van der Waals surface area contributed by atoms with Crippen LogP contribution < -0.4 is 24.4 Å². The third kappa shape index (κ3) is 8.33. The van der Waals surface area contributed by atoms with Crippen molar-refractivity contribution in [3.05, 3.63) is 50.4 Å². The molecule has 0 spiro atoms. The van der Waals surface area contributed by atoms with Gasteiger partial charge in [0, 0.05) is 6.07 Å². The highest BCUT2D eigenvalue weighted by Crippen LogP contribution is 2.37. The molecule has 1 saturated heterocycles. The third-order valence-corrected chi connectivity index (χ3v) is 7.30. The first-order chi connectivity index (χ1) is 19.3. The van der Waals surface area contributed by atoms with Crippen LogP contribution in [0.25, 0.3) is 6.08 Å². The Labute approximate surface area is 252 Å². The molecule has 0 radical (unpaired) electrons. The number of imide groups is 2. The lowest BCUT2D eigenvalue weighted by molar-refractivity contribution is -0.122. The molecule has 1 heterocycles. The molecular formula is C30H36Br2N2O6. The molecule has 0 atom stereocenters. The molecule has 1 aliphatic heterocycles. The molecule has 216 valence electrons. The number of halogens is 2. The zero-order chi connectivity index (χ0) is 29.1. The Kier molecular flexibility index (Phi) is 12.5. The number of unbranched alkanes of at least 4 members (excludes halogenated alkanes) is 5. The van der Waals surface area contributed by atoms with Gasteiger partial charge in [-0.05, 0) is 87.5 Å². The second-order valence-corrected chi connectivity index (χ2v) is 11.0. The minimum absolute atomic E-state index is 0.177. The Balaban J connectivity index is 1.80. The van der Waals surface area contributed by atoms with Gasteiger partial charge >= 0.3 is 6.03 Å². The number of hydrogen-bond acceptors (Lipinski definition) is 6. The number of barbiturate groups is 1. The molecule has 1 fully saturated rings. The van der Waals surface area contributed by atoms with E-state index in [1.165, 1.54) is 31.8 Å². The molecule has 4 amide bonds. The van der Waals surface area contributed by atoms with E-state index >= 15 is 0 Å². The van der Waals surface area contributed by atoms with Crippen molar-refractivity contribution in [2.45, 2.75) is 65.7 Å². The number of benzene rings is 2. The highest BCUT2D eigenvalue weighted by Gasteiger charge is 2.37. The lowest BCUT2D eigenvalue weighted by atomic mass is 10.1. The maximum atomic E-state index is 13.4. The van der Waals surface area contributed by atoms with Crippen LogP contribution >= 0.6 is 31.9 Å². The van der Waals surface area contributed by atoms with Crippen molar-refractivity contribution >= 4 is 61.5 Å². The molecule has 40 heavy (non-hydrogen) atoms. The van der Waals surface area contributed by atoms with Crippen LogP contribution in [0.1, 0.15) is 71.3 Å². The molecule has 0 aliphatic carbocycles. The van der Waals surface area contributed by atoms with E-state index in [1.807, 2.05) is 13.8 Å². The number of ether oxygens (including phenoxy) is 3. The van der Waals surface area contributed by atoms with E-state index in [1.54, 1.807) is 30.3 Å². The summed E-state index contributed by atoms with van der Waals surface area (Å²) >= 11 is 7.08. The van der Waals surface area contributed by atoms with Crippen LogP contribution in [0, 0.1) is 0 Å². The number of carbonyl (C=O) groups excluding carboxylic acids is 3. The molecule has 0 saturated carbocycles. The summed E-state index contributed by atoms with van der Waals surface area (Å²) in [5.41, 5.74) is 0.661. The molecule has 10 heteroatoms. The summed E-state index contributed by atoms with van der Waals surface area (Å²) in [5.74, 6) is 0.0585. The third-order valence-electron chi connectivity index (χ3n) is 6.12. The molecule has 0 unspecified atom stereocenters. The maximum absolute atomic E-state index is 13.4. The van der Waals surface area contributed by atoms with E-state index in [-0.39, 0.29) is 11.3 Å². The van der Waals surface area contributed by atoms with Crippen LogP contribution in [0.4, 0.5) is 10.5 Å². The number of urea groups is 1. The largest absolute Gasteiger partial charge is 0.491 e. The van der Waals surface area contributed by atoms with Crippen molar-refractivity contribution in [2.24, 2.45) is 0 Å². The van der Waals surface area contributed by atoms with Crippen LogP contribution in [0.3, 0.4) is 0 Å². The van der Waals surface area contributed by atoms with Gasteiger partial charge in [-0.1, -0.05) is 46.0 Å². The molecule has 0 aromatic heterocycles. The standard InChI is InChI=1S/C30H36Br2N2O6/c1-4-7-8-9-10-11-15-40-27-23(31)17-20(18-24(27)32)16-22-28(35)33-30(37)34(29(22)36)21-12-13-25(39-14-5-2)26(19-21)38-6-3/h12-13,16-19H,4-11,14-15H2,1-3H3,(H,33,35,37)/b22-16+. The van der Waals surface area contributed by atoms with E-state index in [9.17, 15) is 14.4 Å². The topological polar surface area (TPSA) is 94.2 Å². The van der Waals surface area contributed by atoms with Crippen molar-refractivity contribution < 1.29 is 28.6 Å². The number of amides is 4. The number of hydrogen-bond donors (Lipinski definition) is 1. The van der Waals surface area contributed by atoms with Crippen molar-refractivity contribution in [1.82, 2.24) is 5.32 Å². The molecular weight excluding hydrogens is 644 g/mol. The normalized spacial score (nSPS) is 14.5. The van der Waals surface area contributed by atoms with Crippen molar-refractivity contribution in [3.63, 3.8) is 0 Å². The zero-order valence-electron chi connectivity index (χ0n) is 23.2. The summed E-state index contributed by atoms with van der Waals surface area (Å²) in [6, 6.07) is 7.49. The first-order valence-corrected chi connectivity index (χ1v) is 15.3. The average molecular weight is 680 g/mol. The first-order valence-electron chi connectivity index (χ1n) is 13.7. The van der Waals surface area contributed by atoms with Gasteiger partial charge in [0.05, 0.1) is 34.5 Å². The van der Waals surface area contributed by atoms with Crippen LogP contribution in [-0.2, 0) is 9.59 Å². The molecule has 3 rings (SSSR count). The van der Waals surface area contributed by atoms with E-state index in [4.69, 9.17) is 14.2 Å². The average Bonchev–Trinajstić information content (AvgIpc) is 2.91. The fourth-order valence-corrected chi connectivity index (χ4v) is 5.60. The Morgan fingerprint density at radius 2 is 1.50 bits per heavy atom. The van der Waals surface area contributed by atoms with Gasteiger partial charge in [0.25, 0.3) is 11.8 Å². The van der Waals surface area contributed by atoms with Crippen molar-refractivity contribution in [2.75, 3.05) is 24.7 Å². The molecule has 2 aromatic rings. The summed E-state index contributed by atoms with van der Waals surface area (Å²) < 4.78 is 18.7. The fourth-order valence-electron chi connectivity index (χ4n) is 4.15. The summed E-state index contributed by atoms with van der Waals surface area (Å²) in [5, 5.41) is 2.26. The minimum atomic E-state index is -0.836. The highest BCUT2D eigenvalue weighted by molar-refractivity contribution is 9.11. The molecule has 0 bridgehead atoms. The van der Waals surface area contributed by atoms with E-state index in [2.05, 4.69) is 44.1 Å². The van der Waals surface area contributed by atoms with Gasteiger partial charge in [-0.3, -0.25) is 14.9 Å². The summed E-state index contributed by atoms with van der Waals surface area (Å²) in [4.78, 5) is 39.8. The number of nitrogens with one attached hydrogen (secondary N) is 1. The number of carbonyl (C=O) groups is 3. The summed E-state index contributed by atoms with van der Waals surface area (Å²) in [6.07, 6.45) is 9.27. The van der Waals surface area contributed by atoms with Crippen LogP contribution in [-0.4, -0.2) is 37.7 Å². The number of rotatable bonds is 15. The number of anilines is 1. The zero-order valence-corrected chi connectivity index (χ0v) is 26.4. The predicted molar refractivity (Wildman–Crippen MR) is 163 cm³/mol. The smallest absolute Gasteiger partial charge is 0.335 e. The van der Waals surface area contributed by atoms with Crippen molar-refractivity contribution in [3.8, 4) is 17.2 Å². The Hall–Kier alpha value is -2.85. The monoisotopic (exact) mass is 678 g/mol. The van der Waals surface area contributed by atoms with Gasteiger partial charge in [-0.15, -0.1) is 0 Å². The van der Waals surface area contributed by atoms with E-state index in [0.717, 1.165) is 24.2 Å². The van der Waals surface area contributed by atoms with Crippen LogP contribution in [0.15, 0.2) is 44.9 Å². The SMILES string of the molecule is CCCCCCCCOc1c(Br)cc(/C=C2\C(=O)NC(=O)N(c3ccc(OCCC)c(OCC)c3)C2=O)cc1Br. The maximum Gasteiger partial charge on any atom is 0.335 e. The highest BCUT2D eigenvalue weighted by atomic mass is 79.9. The van der Waals surface area contributed by atoms with E-state index in [0.29, 0.717) is 51.6 Å². The van der Waals surface area contributed by atoms with Gasteiger partial charge in [0.2, 0.25) is 0 Å². The van der Waals surface area contributed by atoms with Crippen molar-refractivity contribution in [1.29, 1.82) is 0 Å². The predicted octanol–water partition coefficient (Wildman–Crippen LogP) is 7.80. The minimum Gasteiger partial charge on any atom is -0.491 e. The Morgan fingerprint density at radius 1 is 0.800 bits per heavy atom. The second kappa shape index (κ2) is 15.8. The molecule has 1 aliphatic rings. The van der Waals surface area contributed by atoms with Crippen LogP contribution in [0.5, 0.6) is 17.2 Å². The molecule has 2 aromatic carbocycles. The summed E-state index contributed by atoms with van der Waals surface area (Å²) in [6.45, 7) is 7.48. The fraction of sp³-hybridized carbons (Fsp3) is 0.433. The van der Waals surface area contributed by atoms with Gasteiger partial charge in [0.15, 0.2) is 11.5 Å². The number of nitrogens with zero attached hydrogens (tertiary/aromatic N) is 1. The first kappa shape index (κ1) is 31.7. The van der Waals surface area contributed by atoms with Gasteiger partial charge in [0.1, 0.15) is 11.3 Å². The molecule has 8 nitrogen and oxygen atoms in total. The van der Waals surface area contributed by atoms with Crippen LogP contribution in [0.2, 0.25) is 0 Å². The van der Waals surface area contributed by atoms with Gasteiger partial charge < -0.3 is 14.2 Å². The van der Waals surface area contributed by atoms with E-state index < -0.39 is 17.8 Å². The molecule has 1 N–H and O–H groups in total.